The van der Waals surface area contributed by atoms with Crippen LogP contribution < -0.4 is 4.74 Å². The van der Waals surface area contributed by atoms with Crippen molar-refractivity contribution in [3.63, 3.8) is 0 Å². The average Bonchev–Trinajstić information content (AvgIpc) is 3.32. The van der Waals surface area contributed by atoms with Gasteiger partial charge in [0.05, 0.1) is 6.04 Å². The molecule has 0 saturated carbocycles. The zero-order chi connectivity index (χ0) is 22.8. The van der Waals surface area contributed by atoms with Gasteiger partial charge in [0.15, 0.2) is 0 Å². The number of phenols is 1. The average molecular weight is 454 g/mol. The quantitative estimate of drug-likeness (QED) is 0.443. The summed E-state index contributed by atoms with van der Waals surface area (Å²) in [5.41, 5.74) is 3.56. The van der Waals surface area contributed by atoms with Gasteiger partial charge in [-0.05, 0) is 48.7 Å². The van der Waals surface area contributed by atoms with Crippen molar-refractivity contribution in [1.82, 2.24) is 15.1 Å². The van der Waals surface area contributed by atoms with E-state index < -0.39 is 6.04 Å². The third-order valence-electron chi connectivity index (χ3n) is 5.52. The van der Waals surface area contributed by atoms with Crippen LogP contribution in [-0.4, -0.2) is 51.0 Å². The molecule has 1 atom stereocenters. The van der Waals surface area contributed by atoms with Crippen LogP contribution in [0.1, 0.15) is 39.6 Å². The van der Waals surface area contributed by atoms with E-state index in [-0.39, 0.29) is 18.3 Å². The maximum absolute atomic E-state index is 13.2. The third-order valence-corrected chi connectivity index (χ3v) is 5.92. The Labute approximate surface area is 190 Å². The van der Waals surface area contributed by atoms with Crippen LogP contribution in [0.25, 0.3) is 11.3 Å². The number of aromatic amines is 1. The summed E-state index contributed by atoms with van der Waals surface area (Å²) in [6.07, 6.45) is 2.11. The molecular formula is C24H24ClN3O4. The van der Waals surface area contributed by atoms with Crippen LogP contribution in [0.2, 0.25) is 5.02 Å². The first-order valence-corrected chi connectivity index (χ1v) is 10.7. The predicted molar refractivity (Wildman–Crippen MR) is 122 cm³/mol. The molecule has 1 aliphatic heterocycles. The number of amides is 1. The number of hydrogen-bond donors (Lipinski definition) is 3. The number of fused-ring (bicyclic) bond motifs is 1. The van der Waals surface area contributed by atoms with E-state index in [9.17, 15) is 15.0 Å². The van der Waals surface area contributed by atoms with Crippen LogP contribution in [0.3, 0.4) is 0 Å². The first-order valence-electron chi connectivity index (χ1n) is 10.3. The van der Waals surface area contributed by atoms with Crippen molar-refractivity contribution in [2.75, 3.05) is 19.8 Å². The molecule has 7 nitrogen and oxygen atoms in total. The summed E-state index contributed by atoms with van der Waals surface area (Å²) in [6, 6.07) is 10.3. The molecule has 1 unspecified atom stereocenters. The van der Waals surface area contributed by atoms with Gasteiger partial charge in [0.2, 0.25) is 0 Å². The van der Waals surface area contributed by atoms with Crippen molar-refractivity contribution < 1.29 is 19.7 Å². The zero-order valence-corrected chi connectivity index (χ0v) is 18.4. The van der Waals surface area contributed by atoms with E-state index in [2.05, 4.69) is 16.8 Å². The first kappa shape index (κ1) is 21.9. The number of carbonyl (C=O) groups excluding carboxylic acids is 1. The summed E-state index contributed by atoms with van der Waals surface area (Å²) >= 11 is 6.32. The maximum atomic E-state index is 13.2. The zero-order valence-electron chi connectivity index (χ0n) is 17.6. The van der Waals surface area contributed by atoms with Gasteiger partial charge < -0.3 is 19.8 Å². The number of aliphatic hydroxyl groups excluding tert-OH is 1. The Morgan fingerprint density at radius 2 is 2.06 bits per heavy atom. The number of carbonyl (C=O) groups is 1. The number of nitrogens with one attached hydrogen (secondary N) is 1. The molecule has 0 bridgehead atoms. The van der Waals surface area contributed by atoms with Gasteiger partial charge in [-0.15, -0.1) is 0 Å². The molecule has 2 aromatic carbocycles. The minimum absolute atomic E-state index is 0.0295. The predicted octanol–water partition coefficient (Wildman–Crippen LogP) is 4.24. The second-order valence-electron chi connectivity index (χ2n) is 7.63. The Kier molecular flexibility index (Phi) is 6.21. The highest BCUT2D eigenvalue weighted by molar-refractivity contribution is 6.31. The highest BCUT2D eigenvalue weighted by Crippen LogP contribution is 2.45. The van der Waals surface area contributed by atoms with Crippen LogP contribution in [0.4, 0.5) is 0 Å². The lowest BCUT2D eigenvalue weighted by Gasteiger charge is -2.26. The Balaban J connectivity index is 1.82. The second kappa shape index (κ2) is 9.06. The lowest BCUT2D eigenvalue weighted by Crippen LogP contribution is -2.31. The number of halogens is 1. The molecule has 0 fully saturated rings. The molecule has 166 valence electrons. The SMILES string of the molecule is C=CCOc1ccc(C2c3c(-c4cc(Cl)c(C)cc4O)n[nH]c3C(=O)N2CCCO)cc1. The van der Waals surface area contributed by atoms with Crippen LogP contribution >= 0.6 is 11.6 Å². The van der Waals surface area contributed by atoms with Crippen LogP contribution in [0.5, 0.6) is 11.5 Å². The van der Waals surface area contributed by atoms with Crippen molar-refractivity contribution in [3.05, 3.63) is 76.5 Å². The number of aryl methyl sites for hydroxylation is 1. The van der Waals surface area contributed by atoms with Gasteiger partial charge >= 0.3 is 0 Å². The molecular weight excluding hydrogens is 430 g/mol. The Bertz CT molecular complexity index is 1160. The van der Waals surface area contributed by atoms with Crippen LogP contribution in [0.15, 0.2) is 49.1 Å². The van der Waals surface area contributed by atoms with Crippen molar-refractivity contribution in [2.24, 2.45) is 0 Å². The van der Waals surface area contributed by atoms with Crippen molar-refractivity contribution in [1.29, 1.82) is 0 Å². The largest absolute Gasteiger partial charge is 0.507 e. The Morgan fingerprint density at radius 3 is 2.75 bits per heavy atom. The van der Waals surface area contributed by atoms with Crippen LogP contribution in [-0.2, 0) is 0 Å². The molecule has 8 heteroatoms. The molecule has 0 aliphatic carbocycles. The van der Waals surface area contributed by atoms with Crippen molar-refractivity contribution >= 4 is 17.5 Å². The summed E-state index contributed by atoms with van der Waals surface area (Å²) in [4.78, 5) is 14.9. The van der Waals surface area contributed by atoms with Gasteiger partial charge in [0.25, 0.3) is 5.91 Å². The van der Waals surface area contributed by atoms with Crippen LogP contribution in [0, 0.1) is 6.92 Å². The number of phenolic OH excluding ortho intramolecular Hbond substituents is 1. The fraction of sp³-hybridized carbons (Fsp3) is 0.250. The molecule has 1 amide bonds. The van der Waals surface area contributed by atoms with Gasteiger partial charge in [-0.3, -0.25) is 9.89 Å². The smallest absolute Gasteiger partial charge is 0.273 e. The van der Waals surface area contributed by atoms with E-state index in [0.29, 0.717) is 52.9 Å². The highest BCUT2D eigenvalue weighted by atomic mass is 35.5. The summed E-state index contributed by atoms with van der Waals surface area (Å²) < 4.78 is 5.58. The van der Waals surface area contributed by atoms with Gasteiger partial charge in [-0.25, -0.2) is 0 Å². The number of benzene rings is 2. The Morgan fingerprint density at radius 1 is 1.31 bits per heavy atom. The summed E-state index contributed by atoms with van der Waals surface area (Å²) in [7, 11) is 0. The molecule has 1 aliphatic rings. The number of aromatic nitrogens is 2. The van der Waals surface area contributed by atoms with Crippen molar-refractivity contribution in [2.45, 2.75) is 19.4 Å². The van der Waals surface area contributed by atoms with Gasteiger partial charge in [0.1, 0.15) is 29.5 Å². The Hall–Kier alpha value is -3.29. The number of aliphatic hydroxyl groups is 1. The van der Waals surface area contributed by atoms with E-state index in [0.717, 1.165) is 11.1 Å². The minimum Gasteiger partial charge on any atom is -0.507 e. The summed E-state index contributed by atoms with van der Waals surface area (Å²) in [5, 5.41) is 27.7. The lowest BCUT2D eigenvalue weighted by atomic mass is 9.95. The molecule has 2 heterocycles. The van der Waals surface area contributed by atoms with E-state index in [1.165, 1.54) is 0 Å². The minimum atomic E-state index is -0.439. The van der Waals surface area contributed by atoms with Crippen molar-refractivity contribution in [3.8, 4) is 22.8 Å². The standard InChI is InChI=1S/C24H24ClN3O4/c1-3-11-32-16-7-5-15(6-8-16)23-20-21(17-13-18(25)14(2)12-19(17)30)26-27-22(20)24(31)28(23)9-4-10-29/h3,5-8,12-13,23,29-30H,1,4,9-11H2,2H3,(H,26,27). The van der Waals surface area contributed by atoms with E-state index in [4.69, 9.17) is 16.3 Å². The van der Waals surface area contributed by atoms with E-state index >= 15 is 0 Å². The van der Waals surface area contributed by atoms with E-state index in [1.54, 1.807) is 30.0 Å². The van der Waals surface area contributed by atoms with Gasteiger partial charge in [-0.1, -0.05) is 36.4 Å². The second-order valence-corrected chi connectivity index (χ2v) is 8.03. The molecule has 0 spiro atoms. The first-order chi connectivity index (χ1) is 15.5. The molecule has 3 N–H and O–H groups in total. The third kappa shape index (κ3) is 3.85. The number of H-pyrrole nitrogens is 1. The number of hydrogen-bond acceptors (Lipinski definition) is 5. The monoisotopic (exact) mass is 453 g/mol. The number of nitrogens with zero attached hydrogens (tertiary/aromatic N) is 2. The molecule has 32 heavy (non-hydrogen) atoms. The summed E-state index contributed by atoms with van der Waals surface area (Å²) in [6.45, 7) is 6.19. The molecule has 4 rings (SSSR count). The van der Waals surface area contributed by atoms with Gasteiger partial charge in [-0.2, -0.15) is 5.10 Å². The number of aromatic hydroxyl groups is 1. The molecule has 1 aromatic heterocycles. The maximum Gasteiger partial charge on any atom is 0.273 e. The topological polar surface area (TPSA) is 98.7 Å². The normalized spacial score (nSPS) is 15.2. The lowest BCUT2D eigenvalue weighted by molar-refractivity contribution is 0.0732. The highest BCUT2D eigenvalue weighted by Gasteiger charge is 2.42. The molecule has 0 radical (unpaired) electrons. The molecule has 0 saturated heterocycles. The fourth-order valence-corrected chi connectivity index (χ4v) is 4.14. The number of ether oxygens (including phenoxy) is 1. The molecule has 3 aromatic rings. The van der Waals surface area contributed by atoms with E-state index in [1.807, 2.05) is 24.3 Å². The number of rotatable bonds is 8. The summed E-state index contributed by atoms with van der Waals surface area (Å²) in [5.74, 6) is 0.520. The van der Waals surface area contributed by atoms with Gasteiger partial charge in [0, 0.05) is 29.3 Å². The fourth-order valence-electron chi connectivity index (χ4n) is 3.98.